The standard InChI is InChI=1S/C21H28N4O3S/c1-13(2)12-18(27)25-10-8-24(9-11-25)17(26)7-6-16-22-20(28)19-14-4-3-5-15(14)29-21(19)23-16/h13H,3-12H2,1-2H3,(H,22,23,28). The molecule has 0 atom stereocenters. The number of hydrogen-bond donors (Lipinski definition) is 1. The molecule has 0 aromatic carbocycles. The number of amides is 2. The molecule has 0 radical (unpaired) electrons. The molecule has 3 heterocycles. The molecule has 0 unspecified atom stereocenters. The summed E-state index contributed by atoms with van der Waals surface area (Å²) in [6.45, 7) is 6.42. The van der Waals surface area contributed by atoms with E-state index in [1.807, 2.05) is 23.6 Å². The normalized spacial score (nSPS) is 16.7. The minimum atomic E-state index is -0.0749. The van der Waals surface area contributed by atoms with Crippen molar-refractivity contribution in [1.82, 2.24) is 19.8 Å². The molecule has 2 aliphatic rings. The predicted octanol–water partition coefficient (Wildman–Crippen LogP) is 2.12. The molecule has 2 amide bonds. The maximum atomic E-state index is 12.6. The van der Waals surface area contributed by atoms with Crippen molar-refractivity contribution < 1.29 is 9.59 Å². The summed E-state index contributed by atoms with van der Waals surface area (Å²) in [4.78, 5) is 50.5. The van der Waals surface area contributed by atoms with Crippen molar-refractivity contribution in [3.63, 3.8) is 0 Å². The second-order valence-corrected chi connectivity index (χ2v) is 9.49. The fourth-order valence-electron chi connectivity index (χ4n) is 4.23. The van der Waals surface area contributed by atoms with E-state index in [4.69, 9.17) is 0 Å². The number of H-pyrrole nitrogens is 1. The molecule has 29 heavy (non-hydrogen) atoms. The number of fused-ring (bicyclic) bond motifs is 3. The monoisotopic (exact) mass is 416 g/mol. The fraction of sp³-hybridized carbons (Fsp3) is 0.619. The van der Waals surface area contributed by atoms with Gasteiger partial charge in [-0.15, -0.1) is 11.3 Å². The van der Waals surface area contributed by atoms with Crippen molar-refractivity contribution in [2.45, 2.75) is 52.4 Å². The van der Waals surface area contributed by atoms with E-state index in [0.29, 0.717) is 57.2 Å². The van der Waals surface area contributed by atoms with Crippen LogP contribution in [0.5, 0.6) is 0 Å². The van der Waals surface area contributed by atoms with Crippen molar-refractivity contribution in [2.24, 2.45) is 5.92 Å². The molecule has 156 valence electrons. The highest BCUT2D eigenvalue weighted by atomic mass is 32.1. The lowest BCUT2D eigenvalue weighted by molar-refractivity contribution is -0.140. The molecule has 0 spiro atoms. The molecule has 0 bridgehead atoms. The van der Waals surface area contributed by atoms with Crippen molar-refractivity contribution in [2.75, 3.05) is 26.2 Å². The Morgan fingerprint density at radius 1 is 1.10 bits per heavy atom. The molecule has 4 rings (SSSR count). The minimum Gasteiger partial charge on any atom is -0.339 e. The first-order chi connectivity index (χ1) is 13.9. The molecule has 2 aromatic heterocycles. The molecule has 1 saturated heterocycles. The number of rotatable bonds is 5. The number of aromatic amines is 1. The van der Waals surface area contributed by atoms with Crippen LogP contribution in [-0.4, -0.2) is 57.8 Å². The smallest absolute Gasteiger partial charge is 0.259 e. The number of nitrogens with zero attached hydrogens (tertiary/aromatic N) is 3. The van der Waals surface area contributed by atoms with E-state index in [1.54, 1.807) is 11.3 Å². The first-order valence-electron chi connectivity index (χ1n) is 10.5. The summed E-state index contributed by atoms with van der Waals surface area (Å²) in [6, 6.07) is 0. The summed E-state index contributed by atoms with van der Waals surface area (Å²) in [7, 11) is 0. The largest absolute Gasteiger partial charge is 0.339 e. The van der Waals surface area contributed by atoms with Gasteiger partial charge in [0.05, 0.1) is 5.39 Å². The Morgan fingerprint density at radius 3 is 2.48 bits per heavy atom. The second-order valence-electron chi connectivity index (χ2n) is 8.41. The van der Waals surface area contributed by atoms with Gasteiger partial charge in [0.15, 0.2) is 0 Å². The van der Waals surface area contributed by atoms with E-state index in [1.165, 1.54) is 10.4 Å². The van der Waals surface area contributed by atoms with Gasteiger partial charge < -0.3 is 14.8 Å². The van der Waals surface area contributed by atoms with Gasteiger partial charge in [-0.2, -0.15) is 0 Å². The number of carbonyl (C=O) groups excluding carboxylic acids is 2. The van der Waals surface area contributed by atoms with Crippen LogP contribution in [0.3, 0.4) is 0 Å². The predicted molar refractivity (Wildman–Crippen MR) is 113 cm³/mol. The highest BCUT2D eigenvalue weighted by molar-refractivity contribution is 7.18. The number of piperazine rings is 1. The van der Waals surface area contributed by atoms with Crippen molar-refractivity contribution in [1.29, 1.82) is 0 Å². The number of carbonyl (C=O) groups is 2. The summed E-state index contributed by atoms with van der Waals surface area (Å²) in [5, 5.41) is 0.750. The van der Waals surface area contributed by atoms with Crippen LogP contribution in [0.4, 0.5) is 0 Å². The lowest BCUT2D eigenvalue weighted by Gasteiger charge is -2.35. The average molecular weight is 417 g/mol. The highest BCUT2D eigenvalue weighted by Gasteiger charge is 2.25. The number of thiophene rings is 1. The van der Waals surface area contributed by atoms with Gasteiger partial charge >= 0.3 is 0 Å². The first kappa shape index (κ1) is 20.1. The summed E-state index contributed by atoms with van der Waals surface area (Å²) >= 11 is 1.62. The number of nitrogens with one attached hydrogen (secondary N) is 1. The van der Waals surface area contributed by atoms with Gasteiger partial charge in [-0.3, -0.25) is 14.4 Å². The first-order valence-corrected chi connectivity index (χ1v) is 11.3. The molecule has 2 aromatic rings. The van der Waals surface area contributed by atoms with Crippen molar-refractivity contribution >= 4 is 33.4 Å². The summed E-state index contributed by atoms with van der Waals surface area (Å²) in [6.07, 6.45) is 4.42. The lowest BCUT2D eigenvalue weighted by atomic mass is 10.1. The van der Waals surface area contributed by atoms with E-state index in [0.717, 1.165) is 29.5 Å². The van der Waals surface area contributed by atoms with Gasteiger partial charge in [-0.05, 0) is 30.7 Å². The SMILES string of the molecule is CC(C)CC(=O)N1CCN(C(=O)CCc2nc3sc4c(c3c(=O)[nH]2)CCC4)CC1. The number of aromatic nitrogens is 2. The molecule has 7 nitrogen and oxygen atoms in total. The Labute approximate surface area is 174 Å². The van der Waals surface area contributed by atoms with E-state index in [9.17, 15) is 14.4 Å². The van der Waals surface area contributed by atoms with E-state index < -0.39 is 0 Å². The molecular formula is C21H28N4O3S. The molecular weight excluding hydrogens is 388 g/mol. The Kier molecular flexibility index (Phi) is 5.72. The Balaban J connectivity index is 1.33. The van der Waals surface area contributed by atoms with Crippen LogP contribution >= 0.6 is 11.3 Å². The van der Waals surface area contributed by atoms with Gasteiger partial charge in [0, 0.05) is 50.3 Å². The van der Waals surface area contributed by atoms with Crippen LogP contribution in [0.1, 0.15) is 49.4 Å². The Hall–Kier alpha value is -2.22. The van der Waals surface area contributed by atoms with Crippen molar-refractivity contribution in [3.05, 3.63) is 26.6 Å². The zero-order valence-electron chi connectivity index (χ0n) is 17.1. The maximum Gasteiger partial charge on any atom is 0.259 e. The van der Waals surface area contributed by atoms with Gasteiger partial charge in [-0.25, -0.2) is 4.98 Å². The van der Waals surface area contributed by atoms with Crippen LogP contribution < -0.4 is 5.56 Å². The Bertz CT molecular complexity index is 986. The van der Waals surface area contributed by atoms with Crippen LogP contribution in [0, 0.1) is 5.92 Å². The second kappa shape index (κ2) is 8.26. The van der Waals surface area contributed by atoms with Gasteiger partial charge in [0.1, 0.15) is 10.7 Å². The topological polar surface area (TPSA) is 86.4 Å². The molecule has 8 heteroatoms. The lowest BCUT2D eigenvalue weighted by Crippen LogP contribution is -2.50. The van der Waals surface area contributed by atoms with Gasteiger partial charge in [-0.1, -0.05) is 13.8 Å². The fourth-order valence-corrected chi connectivity index (χ4v) is 5.51. The van der Waals surface area contributed by atoms with E-state index in [2.05, 4.69) is 9.97 Å². The van der Waals surface area contributed by atoms with E-state index >= 15 is 0 Å². The number of aryl methyl sites for hydroxylation is 3. The maximum absolute atomic E-state index is 12.6. The highest BCUT2D eigenvalue weighted by Crippen LogP contribution is 2.34. The van der Waals surface area contributed by atoms with Gasteiger partial charge in [0.2, 0.25) is 11.8 Å². The summed E-state index contributed by atoms with van der Waals surface area (Å²) in [5.41, 5.74) is 1.10. The van der Waals surface area contributed by atoms with Crippen LogP contribution in [-0.2, 0) is 28.9 Å². The minimum absolute atomic E-state index is 0.0531. The third kappa shape index (κ3) is 4.22. The van der Waals surface area contributed by atoms with Crippen molar-refractivity contribution in [3.8, 4) is 0 Å². The van der Waals surface area contributed by atoms with Crippen LogP contribution in [0.2, 0.25) is 0 Å². The zero-order valence-corrected chi connectivity index (χ0v) is 17.9. The van der Waals surface area contributed by atoms with Gasteiger partial charge in [0.25, 0.3) is 5.56 Å². The quantitative estimate of drug-likeness (QED) is 0.809. The average Bonchev–Trinajstić information content (AvgIpc) is 3.26. The third-order valence-electron chi connectivity index (χ3n) is 5.77. The van der Waals surface area contributed by atoms with Crippen LogP contribution in [0.25, 0.3) is 10.2 Å². The Morgan fingerprint density at radius 2 is 1.79 bits per heavy atom. The number of hydrogen-bond acceptors (Lipinski definition) is 5. The molecule has 1 aliphatic heterocycles. The van der Waals surface area contributed by atoms with Crippen LogP contribution in [0.15, 0.2) is 4.79 Å². The molecule has 0 saturated carbocycles. The molecule has 1 N–H and O–H groups in total. The summed E-state index contributed by atoms with van der Waals surface area (Å²) in [5.74, 6) is 1.16. The summed E-state index contributed by atoms with van der Waals surface area (Å²) < 4.78 is 0. The van der Waals surface area contributed by atoms with E-state index in [-0.39, 0.29) is 17.4 Å². The third-order valence-corrected chi connectivity index (χ3v) is 6.95. The zero-order chi connectivity index (χ0) is 20.5. The molecule has 1 aliphatic carbocycles. The molecule has 1 fully saturated rings.